The highest BCUT2D eigenvalue weighted by Crippen LogP contribution is 2.20. The standard InChI is InChI=1S/C14H19BrN4O3/c1-10(2)19-5-11(15)4-13(19)14(20)22-12(7-21-3)6-18-9-16-8-17-18/h4-5,8-10,12H,6-7H2,1-3H3/t12-/m1/s1. The van der Waals surface area contributed by atoms with Crippen molar-refractivity contribution >= 4 is 21.9 Å². The molecule has 0 aliphatic carbocycles. The zero-order valence-corrected chi connectivity index (χ0v) is 14.4. The Morgan fingerprint density at radius 2 is 2.23 bits per heavy atom. The number of carbonyl (C=O) groups is 1. The number of esters is 1. The van der Waals surface area contributed by atoms with E-state index in [2.05, 4.69) is 26.0 Å². The predicted molar refractivity (Wildman–Crippen MR) is 83.6 cm³/mol. The second kappa shape index (κ2) is 7.55. The molecule has 2 heterocycles. The molecule has 0 spiro atoms. The molecule has 8 heteroatoms. The summed E-state index contributed by atoms with van der Waals surface area (Å²) < 4.78 is 15.0. The van der Waals surface area contributed by atoms with Gasteiger partial charge in [-0.1, -0.05) is 0 Å². The third-order valence-electron chi connectivity index (χ3n) is 3.06. The normalized spacial score (nSPS) is 12.6. The Morgan fingerprint density at radius 1 is 1.45 bits per heavy atom. The van der Waals surface area contributed by atoms with E-state index in [1.165, 1.54) is 6.33 Å². The maximum atomic E-state index is 12.4. The molecule has 2 aromatic heterocycles. The molecule has 0 saturated carbocycles. The van der Waals surface area contributed by atoms with Crippen LogP contribution in [-0.2, 0) is 16.0 Å². The molecule has 120 valence electrons. The molecule has 2 rings (SSSR count). The average Bonchev–Trinajstić information content (AvgIpc) is 3.08. The van der Waals surface area contributed by atoms with E-state index in [1.54, 1.807) is 24.2 Å². The molecule has 0 fully saturated rings. The first-order valence-corrected chi connectivity index (χ1v) is 7.70. The van der Waals surface area contributed by atoms with Crippen LogP contribution in [0.3, 0.4) is 0 Å². The van der Waals surface area contributed by atoms with Crippen molar-refractivity contribution in [3.05, 3.63) is 35.1 Å². The lowest BCUT2D eigenvalue weighted by Crippen LogP contribution is -2.29. The van der Waals surface area contributed by atoms with Crippen molar-refractivity contribution < 1.29 is 14.3 Å². The van der Waals surface area contributed by atoms with Crippen LogP contribution in [0, 0.1) is 0 Å². The number of halogens is 1. The van der Waals surface area contributed by atoms with Gasteiger partial charge in [-0.3, -0.25) is 0 Å². The van der Waals surface area contributed by atoms with Crippen molar-refractivity contribution in [3.63, 3.8) is 0 Å². The highest BCUT2D eigenvalue weighted by molar-refractivity contribution is 9.10. The SMILES string of the molecule is COC[C@@H](Cn1cncn1)OC(=O)c1cc(Br)cn1C(C)C. The van der Waals surface area contributed by atoms with Gasteiger partial charge in [0.25, 0.3) is 0 Å². The molecule has 1 atom stereocenters. The highest BCUT2D eigenvalue weighted by Gasteiger charge is 2.21. The fourth-order valence-corrected chi connectivity index (χ4v) is 2.53. The molecule has 0 amide bonds. The van der Waals surface area contributed by atoms with E-state index >= 15 is 0 Å². The molecule has 0 saturated heterocycles. The molecule has 0 aliphatic heterocycles. The molecule has 7 nitrogen and oxygen atoms in total. The van der Waals surface area contributed by atoms with Gasteiger partial charge in [-0.2, -0.15) is 5.10 Å². The van der Waals surface area contributed by atoms with Gasteiger partial charge >= 0.3 is 5.97 Å². The van der Waals surface area contributed by atoms with E-state index in [0.717, 1.165) is 4.47 Å². The zero-order valence-electron chi connectivity index (χ0n) is 12.8. The summed E-state index contributed by atoms with van der Waals surface area (Å²) in [5.41, 5.74) is 0.501. The van der Waals surface area contributed by atoms with E-state index in [0.29, 0.717) is 12.2 Å². The van der Waals surface area contributed by atoms with Crippen molar-refractivity contribution in [1.82, 2.24) is 19.3 Å². The van der Waals surface area contributed by atoms with Crippen LogP contribution in [-0.4, -0.2) is 45.1 Å². The van der Waals surface area contributed by atoms with Crippen molar-refractivity contribution in [2.45, 2.75) is 32.5 Å². The minimum absolute atomic E-state index is 0.157. The van der Waals surface area contributed by atoms with Crippen molar-refractivity contribution in [2.75, 3.05) is 13.7 Å². The summed E-state index contributed by atoms with van der Waals surface area (Å²) in [7, 11) is 1.57. The van der Waals surface area contributed by atoms with Gasteiger partial charge < -0.3 is 14.0 Å². The van der Waals surface area contributed by atoms with E-state index in [9.17, 15) is 4.79 Å². The van der Waals surface area contributed by atoms with Crippen LogP contribution in [0.5, 0.6) is 0 Å². The van der Waals surface area contributed by atoms with E-state index in [4.69, 9.17) is 9.47 Å². The highest BCUT2D eigenvalue weighted by atomic mass is 79.9. The molecule has 0 aromatic carbocycles. The fraction of sp³-hybridized carbons (Fsp3) is 0.500. The molecule has 0 unspecified atom stereocenters. The summed E-state index contributed by atoms with van der Waals surface area (Å²) in [6, 6.07) is 1.91. The van der Waals surface area contributed by atoms with Crippen LogP contribution in [0.4, 0.5) is 0 Å². The zero-order chi connectivity index (χ0) is 16.1. The summed E-state index contributed by atoms with van der Waals surface area (Å²) >= 11 is 3.39. The number of carbonyl (C=O) groups excluding carboxylic acids is 1. The van der Waals surface area contributed by atoms with E-state index in [1.807, 2.05) is 24.6 Å². The van der Waals surface area contributed by atoms with Gasteiger partial charge in [0.2, 0.25) is 0 Å². The first-order valence-electron chi connectivity index (χ1n) is 6.91. The maximum Gasteiger partial charge on any atom is 0.355 e. The van der Waals surface area contributed by atoms with Gasteiger partial charge in [0.15, 0.2) is 0 Å². The van der Waals surface area contributed by atoms with Gasteiger partial charge in [0, 0.05) is 23.8 Å². The molecular formula is C14H19BrN4O3. The first kappa shape index (κ1) is 16.7. The molecule has 2 aromatic rings. The molecular weight excluding hydrogens is 352 g/mol. The fourth-order valence-electron chi connectivity index (χ4n) is 2.09. The number of rotatable bonds is 7. The van der Waals surface area contributed by atoms with Gasteiger partial charge in [0.1, 0.15) is 24.5 Å². The Kier molecular flexibility index (Phi) is 5.73. The lowest BCUT2D eigenvalue weighted by molar-refractivity contribution is -0.00193. The van der Waals surface area contributed by atoms with Crippen molar-refractivity contribution in [1.29, 1.82) is 0 Å². The Labute approximate surface area is 137 Å². The van der Waals surface area contributed by atoms with Gasteiger partial charge in [-0.25, -0.2) is 14.5 Å². The van der Waals surface area contributed by atoms with Gasteiger partial charge in [-0.05, 0) is 35.8 Å². The van der Waals surface area contributed by atoms with Crippen LogP contribution in [0.25, 0.3) is 0 Å². The molecule has 0 N–H and O–H groups in total. The average molecular weight is 371 g/mol. The topological polar surface area (TPSA) is 71.2 Å². The lowest BCUT2D eigenvalue weighted by Gasteiger charge is -2.18. The Morgan fingerprint density at radius 3 is 2.82 bits per heavy atom. The summed E-state index contributed by atoms with van der Waals surface area (Å²) in [5, 5.41) is 4.01. The Hall–Kier alpha value is -1.67. The number of methoxy groups -OCH3 is 1. The first-order chi connectivity index (χ1) is 10.5. The Bertz CT molecular complexity index is 610. The van der Waals surface area contributed by atoms with Crippen LogP contribution in [0.1, 0.15) is 30.4 Å². The largest absolute Gasteiger partial charge is 0.453 e. The molecule has 0 bridgehead atoms. The molecule has 0 aliphatic rings. The number of aromatic nitrogens is 4. The molecule has 0 radical (unpaired) electrons. The van der Waals surface area contributed by atoms with Crippen molar-refractivity contribution in [3.8, 4) is 0 Å². The van der Waals surface area contributed by atoms with Crippen LogP contribution in [0.2, 0.25) is 0 Å². The number of nitrogens with zero attached hydrogens (tertiary/aromatic N) is 4. The van der Waals surface area contributed by atoms with Crippen LogP contribution < -0.4 is 0 Å². The number of hydrogen-bond donors (Lipinski definition) is 0. The third kappa shape index (κ3) is 4.17. The van der Waals surface area contributed by atoms with Crippen LogP contribution >= 0.6 is 15.9 Å². The van der Waals surface area contributed by atoms with Crippen LogP contribution in [0.15, 0.2) is 29.4 Å². The monoisotopic (exact) mass is 370 g/mol. The van der Waals surface area contributed by atoms with Crippen molar-refractivity contribution in [2.24, 2.45) is 0 Å². The molecule has 22 heavy (non-hydrogen) atoms. The number of hydrogen-bond acceptors (Lipinski definition) is 5. The summed E-state index contributed by atoms with van der Waals surface area (Å²) in [6.45, 7) is 4.69. The lowest BCUT2D eigenvalue weighted by atomic mass is 10.3. The Balaban J connectivity index is 2.10. The summed E-state index contributed by atoms with van der Waals surface area (Å²) in [6.07, 6.45) is 4.44. The minimum Gasteiger partial charge on any atom is -0.453 e. The third-order valence-corrected chi connectivity index (χ3v) is 3.50. The van der Waals surface area contributed by atoms with Gasteiger partial charge in [0.05, 0.1) is 13.2 Å². The minimum atomic E-state index is -0.437. The van der Waals surface area contributed by atoms with E-state index < -0.39 is 6.10 Å². The predicted octanol–water partition coefficient (Wildman–Crippen LogP) is 2.29. The second-order valence-electron chi connectivity index (χ2n) is 5.14. The quantitative estimate of drug-likeness (QED) is 0.699. The number of ether oxygens (including phenoxy) is 2. The van der Waals surface area contributed by atoms with E-state index in [-0.39, 0.29) is 18.6 Å². The van der Waals surface area contributed by atoms with Gasteiger partial charge in [-0.15, -0.1) is 0 Å². The smallest absolute Gasteiger partial charge is 0.355 e. The summed E-state index contributed by atoms with van der Waals surface area (Å²) in [4.78, 5) is 16.3. The second-order valence-corrected chi connectivity index (χ2v) is 6.06. The maximum absolute atomic E-state index is 12.4. The summed E-state index contributed by atoms with van der Waals surface area (Å²) in [5.74, 6) is -0.387.